The van der Waals surface area contributed by atoms with Crippen LogP contribution in [0.25, 0.3) is 11.1 Å². The summed E-state index contributed by atoms with van der Waals surface area (Å²) in [4.78, 5) is 14.9. The van der Waals surface area contributed by atoms with Crippen LogP contribution >= 0.6 is 0 Å². The molecule has 0 bridgehead atoms. The number of carboxylic acid groups (broad SMARTS) is 1. The summed E-state index contributed by atoms with van der Waals surface area (Å²) in [5.74, 6) is -0.463. The maximum atomic E-state index is 11.1. The molecule has 0 amide bonds. The number of nitrogens with two attached hydrogens (primary N) is 2. The Morgan fingerprint density at radius 2 is 1.71 bits per heavy atom. The molecule has 1 heterocycles. The van der Waals surface area contributed by atoms with Crippen molar-refractivity contribution in [3.63, 3.8) is 0 Å². The Morgan fingerprint density at radius 3 is 2.29 bits per heavy atom. The molecule has 0 unspecified atom stereocenters. The lowest BCUT2D eigenvalue weighted by molar-refractivity contribution is 0.0697. The Kier molecular flexibility index (Phi) is 2.66. The van der Waals surface area contributed by atoms with E-state index in [-0.39, 0.29) is 17.2 Å². The van der Waals surface area contributed by atoms with E-state index in [2.05, 4.69) is 4.98 Å². The molecule has 0 radical (unpaired) electrons. The van der Waals surface area contributed by atoms with Crippen LogP contribution in [-0.2, 0) is 0 Å². The van der Waals surface area contributed by atoms with Crippen LogP contribution in [0.5, 0.6) is 0 Å². The maximum absolute atomic E-state index is 11.1. The first-order chi connectivity index (χ1) is 8.08. The number of carbonyl (C=O) groups is 1. The summed E-state index contributed by atoms with van der Waals surface area (Å²) < 4.78 is 0. The minimum Gasteiger partial charge on any atom is -0.478 e. The van der Waals surface area contributed by atoms with Crippen LogP contribution < -0.4 is 11.5 Å². The zero-order chi connectivity index (χ0) is 12.4. The van der Waals surface area contributed by atoms with Gasteiger partial charge in [-0.15, -0.1) is 0 Å². The van der Waals surface area contributed by atoms with Crippen molar-refractivity contribution < 1.29 is 9.90 Å². The van der Waals surface area contributed by atoms with Crippen molar-refractivity contribution in [1.29, 1.82) is 0 Å². The Morgan fingerprint density at radius 1 is 1.12 bits per heavy atom. The fraction of sp³-hybridized carbons (Fsp3) is 0. The predicted octanol–water partition coefficient (Wildman–Crippen LogP) is 1.61. The molecule has 5 heteroatoms. The van der Waals surface area contributed by atoms with E-state index in [9.17, 15) is 4.79 Å². The highest BCUT2D eigenvalue weighted by Crippen LogP contribution is 2.26. The normalized spacial score (nSPS) is 10.1. The molecule has 0 aliphatic carbocycles. The summed E-state index contributed by atoms with van der Waals surface area (Å²) >= 11 is 0. The minimum atomic E-state index is -0.991. The number of nitrogen functional groups attached to an aromatic ring is 2. The number of rotatable bonds is 2. The molecule has 0 aliphatic rings. The van der Waals surface area contributed by atoms with Crippen LogP contribution in [0.2, 0.25) is 0 Å². The summed E-state index contributed by atoms with van der Waals surface area (Å²) in [5.41, 5.74) is 12.6. The van der Waals surface area contributed by atoms with Gasteiger partial charge in [-0.1, -0.05) is 18.2 Å². The molecule has 0 saturated carbocycles. The smallest absolute Gasteiger partial charge is 0.336 e. The topological polar surface area (TPSA) is 102 Å². The zero-order valence-corrected chi connectivity index (χ0v) is 8.92. The van der Waals surface area contributed by atoms with E-state index in [1.807, 2.05) is 0 Å². The largest absolute Gasteiger partial charge is 0.478 e. The van der Waals surface area contributed by atoms with Gasteiger partial charge in [-0.05, 0) is 29.3 Å². The summed E-state index contributed by atoms with van der Waals surface area (Å²) in [6.45, 7) is 0. The van der Waals surface area contributed by atoms with Crippen molar-refractivity contribution in [3.8, 4) is 11.1 Å². The molecule has 2 aromatic rings. The molecule has 0 atom stereocenters. The molecule has 5 nitrogen and oxygen atoms in total. The number of aromatic nitrogens is 1. The van der Waals surface area contributed by atoms with Crippen molar-refractivity contribution in [2.75, 3.05) is 11.5 Å². The fourth-order valence-electron chi connectivity index (χ4n) is 1.65. The standard InChI is InChI=1S/C12H11N3O2/c13-10-5-7(6-11(14)15-10)8-3-1-2-4-9(8)12(16)17/h1-6H,(H,16,17)(H4,13,14,15). The van der Waals surface area contributed by atoms with Crippen molar-refractivity contribution in [2.45, 2.75) is 0 Å². The average molecular weight is 229 g/mol. The Bertz CT molecular complexity index is 561. The Labute approximate surface area is 97.7 Å². The van der Waals surface area contributed by atoms with Crippen molar-refractivity contribution in [3.05, 3.63) is 42.0 Å². The molecule has 0 fully saturated rings. The number of hydrogen-bond acceptors (Lipinski definition) is 4. The lowest BCUT2D eigenvalue weighted by Crippen LogP contribution is -2.01. The highest BCUT2D eigenvalue weighted by Gasteiger charge is 2.11. The van der Waals surface area contributed by atoms with Crippen LogP contribution in [0.1, 0.15) is 10.4 Å². The first-order valence-electron chi connectivity index (χ1n) is 4.93. The van der Waals surface area contributed by atoms with Crippen molar-refractivity contribution in [2.24, 2.45) is 0 Å². The maximum Gasteiger partial charge on any atom is 0.336 e. The Balaban J connectivity index is 2.64. The van der Waals surface area contributed by atoms with Gasteiger partial charge in [-0.3, -0.25) is 0 Å². The van der Waals surface area contributed by atoms with Crippen LogP contribution in [0.15, 0.2) is 36.4 Å². The number of carboxylic acids is 1. The molecule has 1 aromatic carbocycles. The van der Waals surface area contributed by atoms with Gasteiger partial charge in [0.05, 0.1) is 5.56 Å². The predicted molar refractivity (Wildman–Crippen MR) is 65.5 cm³/mol. The van der Waals surface area contributed by atoms with Gasteiger partial charge < -0.3 is 16.6 Å². The van der Waals surface area contributed by atoms with Crippen LogP contribution in [0.3, 0.4) is 0 Å². The molecule has 86 valence electrons. The molecular formula is C12H11N3O2. The van der Waals surface area contributed by atoms with Gasteiger partial charge in [0.25, 0.3) is 0 Å². The van der Waals surface area contributed by atoms with E-state index < -0.39 is 5.97 Å². The van der Waals surface area contributed by atoms with Gasteiger partial charge in [0.1, 0.15) is 11.6 Å². The van der Waals surface area contributed by atoms with Crippen LogP contribution in [-0.4, -0.2) is 16.1 Å². The number of anilines is 2. The number of hydrogen-bond donors (Lipinski definition) is 3. The van der Waals surface area contributed by atoms with Gasteiger partial charge in [-0.25, -0.2) is 9.78 Å². The molecule has 1 aromatic heterocycles. The second-order valence-electron chi connectivity index (χ2n) is 3.56. The first-order valence-corrected chi connectivity index (χ1v) is 4.93. The van der Waals surface area contributed by atoms with E-state index in [4.69, 9.17) is 16.6 Å². The van der Waals surface area contributed by atoms with Gasteiger partial charge in [0.15, 0.2) is 0 Å². The summed E-state index contributed by atoms with van der Waals surface area (Å²) in [7, 11) is 0. The summed E-state index contributed by atoms with van der Waals surface area (Å²) in [6.07, 6.45) is 0. The fourth-order valence-corrected chi connectivity index (χ4v) is 1.65. The third-order valence-electron chi connectivity index (χ3n) is 2.33. The van der Waals surface area contributed by atoms with E-state index >= 15 is 0 Å². The van der Waals surface area contributed by atoms with Crippen molar-refractivity contribution >= 4 is 17.6 Å². The highest BCUT2D eigenvalue weighted by molar-refractivity contribution is 5.96. The SMILES string of the molecule is Nc1cc(-c2ccccc2C(=O)O)cc(N)n1. The summed E-state index contributed by atoms with van der Waals surface area (Å²) in [6, 6.07) is 9.86. The number of pyridine rings is 1. The quantitative estimate of drug-likeness (QED) is 0.726. The summed E-state index contributed by atoms with van der Waals surface area (Å²) in [5, 5.41) is 9.09. The Hall–Kier alpha value is -2.56. The second-order valence-corrected chi connectivity index (χ2v) is 3.56. The van der Waals surface area contributed by atoms with E-state index in [0.29, 0.717) is 11.1 Å². The molecule has 0 spiro atoms. The number of nitrogens with zero attached hydrogens (tertiary/aromatic N) is 1. The lowest BCUT2D eigenvalue weighted by atomic mass is 10.0. The van der Waals surface area contributed by atoms with Gasteiger partial charge >= 0.3 is 5.97 Å². The minimum absolute atomic E-state index is 0.206. The highest BCUT2D eigenvalue weighted by atomic mass is 16.4. The third kappa shape index (κ3) is 2.17. The number of aromatic carboxylic acids is 1. The van der Waals surface area contributed by atoms with E-state index in [0.717, 1.165) is 0 Å². The third-order valence-corrected chi connectivity index (χ3v) is 2.33. The molecule has 17 heavy (non-hydrogen) atoms. The first kappa shape index (κ1) is 10.9. The molecule has 0 aliphatic heterocycles. The van der Waals surface area contributed by atoms with Gasteiger partial charge in [0, 0.05) is 0 Å². The van der Waals surface area contributed by atoms with E-state index in [1.54, 1.807) is 30.3 Å². The average Bonchev–Trinajstić information content (AvgIpc) is 2.27. The molecular weight excluding hydrogens is 218 g/mol. The van der Waals surface area contributed by atoms with Gasteiger partial charge in [0.2, 0.25) is 0 Å². The second kappa shape index (κ2) is 4.13. The lowest BCUT2D eigenvalue weighted by Gasteiger charge is -2.07. The van der Waals surface area contributed by atoms with Crippen LogP contribution in [0.4, 0.5) is 11.6 Å². The van der Waals surface area contributed by atoms with Crippen LogP contribution in [0, 0.1) is 0 Å². The number of benzene rings is 1. The van der Waals surface area contributed by atoms with Gasteiger partial charge in [-0.2, -0.15) is 0 Å². The molecule has 2 rings (SSSR count). The van der Waals surface area contributed by atoms with Crippen molar-refractivity contribution in [1.82, 2.24) is 4.98 Å². The monoisotopic (exact) mass is 229 g/mol. The zero-order valence-electron chi connectivity index (χ0n) is 8.92. The van der Waals surface area contributed by atoms with E-state index in [1.165, 1.54) is 6.07 Å². The molecule has 5 N–H and O–H groups in total. The molecule has 0 saturated heterocycles.